The van der Waals surface area contributed by atoms with Gasteiger partial charge >= 0.3 is 0 Å². The highest BCUT2D eigenvalue weighted by Gasteiger charge is 2.17. The van der Waals surface area contributed by atoms with Crippen LogP contribution in [0.25, 0.3) is 10.7 Å². The number of amides is 1. The molecule has 0 atom stereocenters. The highest BCUT2D eigenvalue weighted by atomic mass is 32.2. The van der Waals surface area contributed by atoms with Crippen molar-refractivity contribution < 1.29 is 14.3 Å². The van der Waals surface area contributed by atoms with E-state index in [0.717, 1.165) is 21.4 Å². The molecule has 0 aliphatic rings. The number of carbonyl (C=O) groups excluding carboxylic acids is 1. The van der Waals surface area contributed by atoms with Gasteiger partial charge in [0, 0.05) is 20.1 Å². The molecule has 3 rings (SSSR count). The first-order valence-electron chi connectivity index (χ1n) is 9.12. The molecule has 2 heterocycles. The average molecular weight is 433 g/mol. The lowest BCUT2D eigenvalue weighted by molar-refractivity contribution is -0.128. The molecule has 0 aliphatic carbocycles. The highest BCUT2D eigenvalue weighted by molar-refractivity contribution is 7.99. The maximum Gasteiger partial charge on any atom is 0.233 e. The van der Waals surface area contributed by atoms with Gasteiger partial charge in [-0.1, -0.05) is 23.9 Å². The SMILES string of the molecule is CCN(Cc1ccc(OC)c(OC)c1)C(=O)CSc1nnc(-c2cccs2)n1C. The van der Waals surface area contributed by atoms with E-state index in [9.17, 15) is 4.79 Å². The van der Waals surface area contributed by atoms with Crippen LogP contribution in [0.1, 0.15) is 12.5 Å². The second-order valence-corrected chi connectivity index (χ2v) is 8.12. The molecule has 0 fully saturated rings. The summed E-state index contributed by atoms with van der Waals surface area (Å²) < 4.78 is 12.6. The van der Waals surface area contributed by atoms with Gasteiger partial charge in [0.1, 0.15) is 0 Å². The number of thiophene rings is 1. The minimum atomic E-state index is 0.0490. The van der Waals surface area contributed by atoms with Crippen molar-refractivity contribution in [1.82, 2.24) is 19.7 Å². The summed E-state index contributed by atoms with van der Waals surface area (Å²) in [7, 11) is 5.13. The van der Waals surface area contributed by atoms with Crippen molar-refractivity contribution in [1.29, 1.82) is 0 Å². The number of ether oxygens (including phenoxy) is 2. The molecule has 7 nitrogen and oxygen atoms in total. The number of hydrogen-bond donors (Lipinski definition) is 0. The summed E-state index contributed by atoms with van der Waals surface area (Å²) in [5, 5.41) is 11.2. The lowest BCUT2D eigenvalue weighted by atomic mass is 10.2. The molecule has 0 radical (unpaired) electrons. The van der Waals surface area contributed by atoms with Crippen molar-refractivity contribution in [3.8, 4) is 22.2 Å². The Balaban J connectivity index is 1.63. The van der Waals surface area contributed by atoms with Crippen LogP contribution >= 0.6 is 23.1 Å². The molecule has 9 heteroatoms. The van der Waals surface area contributed by atoms with Crippen LogP contribution in [0, 0.1) is 0 Å². The van der Waals surface area contributed by atoms with E-state index >= 15 is 0 Å². The largest absolute Gasteiger partial charge is 0.493 e. The first-order valence-corrected chi connectivity index (χ1v) is 11.0. The van der Waals surface area contributed by atoms with Crippen LogP contribution in [0.3, 0.4) is 0 Å². The quantitative estimate of drug-likeness (QED) is 0.480. The number of carbonyl (C=O) groups is 1. The molecule has 154 valence electrons. The van der Waals surface area contributed by atoms with Gasteiger partial charge in [-0.2, -0.15) is 0 Å². The predicted octanol–water partition coefficient (Wildman–Crippen LogP) is 3.70. The fourth-order valence-corrected chi connectivity index (χ4v) is 4.41. The molecule has 0 saturated heterocycles. The molecule has 1 aromatic carbocycles. The number of hydrogen-bond acceptors (Lipinski definition) is 7. The van der Waals surface area contributed by atoms with Crippen molar-refractivity contribution in [3.05, 3.63) is 41.3 Å². The van der Waals surface area contributed by atoms with Gasteiger partial charge in [-0.3, -0.25) is 4.79 Å². The molecule has 0 spiro atoms. The summed E-state index contributed by atoms with van der Waals surface area (Å²) >= 11 is 3.02. The zero-order valence-electron chi connectivity index (χ0n) is 16.9. The third-order valence-corrected chi connectivity index (χ3v) is 6.33. The van der Waals surface area contributed by atoms with E-state index in [4.69, 9.17) is 9.47 Å². The molecule has 29 heavy (non-hydrogen) atoms. The minimum absolute atomic E-state index is 0.0490. The van der Waals surface area contributed by atoms with Gasteiger partial charge in [-0.25, -0.2) is 0 Å². The number of methoxy groups -OCH3 is 2. The van der Waals surface area contributed by atoms with E-state index in [2.05, 4.69) is 10.2 Å². The Hall–Kier alpha value is -2.52. The second kappa shape index (κ2) is 9.80. The van der Waals surface area contributed by atoms with Crippen LogP contribution in [0.5, 0.6) is 11.5 Å². The zero-order valence-corrected chi connectivity index (χ0v) is 18.5. The molecular formula is C20H24N4O3S2. The smallest absolute Gasteiger partial charge is 0.233 e. The number of aromatic nitrogens is 3. The summed E-state index contributed by atoms with van der Waals surface area (Å²) in [6.07, 6.45) is 0. The fraction of sp³-hybridized carbons (Fsp3) is 0.350. The maximum atomic E-state index is 12.8. The van der Waals surface area contributed by atoms with Gasteiger partial charge < -0.3 is 18.9 Å². The van der Waals surface area contributed by atoms with Crippen LogP contribution in [0.4, 0.5) is 0 Å². The van der Waals surface area contributed by atoms with E-state index in [1.165, 1.54) is 11.8 Å². The van der Waals surface area contributed by atoms with Crippen molar-refractivity contribution in [2.45, 2.75) is 18.6 Å². The van der Waals surface area contributed by atoms with Gasteiger partial charge in [0.2, 0.25) is 5.91 Å². The monoisotopic (exact) mass is 432 g/mol. The van der Waals surface area contributed by atoms with E-state index in [1.807, 2.05) is 59.2 Å². The van der Waals surface area contributed by atoms with Crippen LogP contribution in [-0.4, -0.2) is 52.1 Å². The average Bonchev–Trinajstić information content (AvgIpc) is 3.39. The molecular weight excluding hydrogens is 408 g/mol. The third kappa shape index (κ3) is 4.91. The molecule has 0 aliphatic heterocycles. The summed E-state index contributed by atoms with van der Waals surface area (Å²) in [5.74, 6) is 2.49. The van der Waals surface area contributed by atoms with Crippen LogP contribution < -0.4 is 9.47 Å². The Morgan fingerprint density at radius 1 is 1.21 bits per heavy atom. The maximum absolute atomic E-state index is 12.8. The Kier molecular flexibility index (Phi) is 7.16. The van der Waals surface area contributed by atoms with Gasteiger partial charge in [0.15, 0.2) is 22.5 Å². The minimum Gasteiger partial charge on any atom is -0.493 e. The Labute approximate surface area is 178 Å². The highest BCUT2D eigenvalue weighted by Crippen LogP contribution is 2.29. The van der Waals surface area contributed by atoms with Gasteiger partial charge in [-0.15, -0.1) is 21.5 Å². The summed E-state index contributed by atoms with van der Waals surface area (Å²) in [5.41, 5.74) is 0.987. The molecule has 3 aromatic rings. The predicted molar refractivity (Wildman–Crippen MR) is 116 cm³/mol. The van der Waals surface area contributed by atoms with Crippen LogP contribution in [0.15, 0.2) is 40.9 Å². The van der Waals surface area contributed by atoms with Crippen molar-refractivity contribution in [3.63, 3.8) is 0 Å². The standard InChI is InChI=1S/C20H24N4O3S2/c1-5-24(12-14-8-9-15(26-3)16(11-14)27-4)18(25)13-29-20-22-21-19(23(20)2)17-7-6-10-28-17/h6-11H,5,12-13H2,1-4H3. The van der Waals surface area contributed by atoms with Gasteiger partial charge in [0.25, 0.3) is 0 Å². The van der Waals surface area contributed by atoms with Crippen LogP contribution in [-0.2, 0) is 18.4 Å². The van der Waals surface area contributed by atoms with E-state index < -0.39 is 0 Å². The van der Waals surface area contributed by atoms with Crippen molar-refractivity contribution in [2.24, 2.45) is 7.05 Å². The number of nitrogens with zero attached hydrogens (tertiary/aromatic N) is 4. The molecule has 1 amide bonds. The zero-order chi connectivity index (χ0) is 20.8. The topological polar surface area (TPSA) is 69.5 Å². The Morgan fingerprint density at radius 3 is 2.66 bits per heavy atom. The number of thioether (sulfide) groups is 1. The van der Waals surface area contributed by atoms with E-state index in [1.54, 1.807) is 25.6 Å². The molecule has 0 bridgehead atoms. The summed E-state index contributed by atoms with van der Waals surface area (Å²) in [6, 6.07) is 9.69. The Morgan fingerprint density at radius 2 is 2.00 bits per heavy atom. The number of rotatable bonds is 9. The number of benzene rings is 1. The van der Waals surface area contributed by atoms with E-state index in [0.29, 0.717) is 30.3 Å². The molecule has 0 unspecified atom stereocenters. The first-order chi connectivity index (χ1) is 14.1. The molecule has 0 N–H and O–H groups in total. The second-order valence-electron chi connectivity index (χ2n) is 6.23. The summed E-state index contributed by atoms with van der Waals surface area (Å²) in [6.45, 7) is 3.10. The Bertz CT molecular complexity index is 957. The third-order valence-electron chi connectivity index (χ3n) is 4.46. The van der Waals surface area contributed by atoms with Gasteiger partial charge in [-0.05, 0) is 36.1 Å². The molecule has 0 saturated carbocycles. The van der Waals surface area contributed by atoms with Gasteiger partial charge in [0.05, 0.1) is 24.8 Å². The van der Waals surface area contributed by atoms with Crippen LogP contribution in [0.2, 0.25) is 0 Å². The van der Waals surface area contributed by atoms with Crippen molar-refractivity contribution >= 4 is 29.0 Å². The lowest BCUT2D eigenvalue weighted by Gasteiger charge is -2.21. The van der Waals surface area contributed by atoms with E-state index in [-0.39, 0.29) is 5.91 Å². The summed E-state index contributed by atoms with van der Waals surface area (Å²) in [4.78, 5) is 15.6. The molecule has 2 aromatic heterocycles. The van der Waals surface area contributed by atoms with Crippen molar-refractivity contribution in [2.75, 3.05) is 26.5 Å². The lowest BCUT2D eigenvalue weighted by Crippen LogP contribution is -2.31. The normalized spacial score (nSPS) is 10.8. The fourth-order valence-electron chi connectivity index (χ4n) is 2.85. The first kappa shape index (κ1) is 21.2.